The van der Waals surface area contributed by atoms with E-state index >= 15 is 0 Å². The van der Waals surface area contributed by atoms with Crippen LogP contribution in [-0.2, 0) is 17.8 Å². The number of hydrogen-bond donors (Lipinski definition) is 0. The summed E-state index contributed by atoms with van der Waals surface area (Å²) in [5.41, 5.74) is 2.36. The molecular weight excluding hydrogens is 322 g/mol. The van der Waals surface area contributed by atoms with Gasteiger partial charge in [-0.3, -0.25) is 4.79 Å². The van der Waals surface area contributed by atoms with Gasteiger partial charge in [-0.15, -0.1) is 11.8 Å². The Kier molecular flexibility index (Phi) is 5.44. The van der Waals surface area contributed by atoms with E-state index in [0.29, 0.717) is 17.7 Å². The second-order valence-electron chi connectivity index (χ2n) is 6.37. The molecule has 3 rings (SSSR count). The molecule has 1 amide bonds. The first-order chi connectivity index (χ1) is 11.1. The highest BCUT2D eigenvalue weighted by Crippen LogP contribution is 2.30. The Bertz CT molecular complexity index is 630. The van der Waals surface area contributed by atoms with Crippen LogP contribution in [0.15, 0.2) is 46.0 Å². The summed E-state index contributed by atoms with van der Waals surface area (Å²) in [4.78, 5) is 16.0. The van der Waals surface area contributed by atoms with Crippen LogP contribution in [-0.4, -0.2) is 22.1 Å². The fraction of sp³-hybridized carbons (Fsp3) is 0.421. The van der Waals surface area contributed by atoms with Crippen LogP contribution in [0.1, 0.15) is 37.8 Å². The van der Waals surface area contributed by atoms with Gasteiger partial charge in [-0.05, 0) is 52.9 Å². The summed E-state index contributed by atoms with van der Waals surface area (Å²) in [5.74, 6) is 0.253. The van der Waals surface area contributed by atoms with E-state index in [9.17, 15) is 4.79 Å². The molecule has 0 unspecified atom stereocenters. The van der Waals surface area contributed by atoms with Crippen LogP contribution in [0.25, 0.3) is 0 Å². The summed E-state index contributed by atoms with van der Waals surface area (Å²) in [6.45, 7) is 5.15. The number of amides is 1. The third-order valence-corrected chi connectivity index (χ3v) is 5.64. The molecule has 1 heterocycles. The maximum atomic E-state index is 12.7. The number of carbonyl (C=O) groups excluding carboxylic acids is 1. The summed E-state index contributed by atoms with van der Waals surface area (Å²) in [6.07, 6.45) is 2.81. The Hall–Kier alpha value is -1.26. The lowest BCUT2D eigenvalue weighted by atomic mass is 10.1. The molecule has 1 fully saturated rings. The largest absolute Gasteiger partial charge is 0.335 e. The summed E-state index contributed by atoms with van der Waals surface area (Å²) >= 11 is 3.55. The lowest BCUT2D eigenvalue weighted by molar-refractivity contribution is -0.131. The normalized spacial score (nSPS) is 14.2. The maximum Gasteiger partial charge on any atom is 0.227 e. The molecule has 1 aromatic heterocycles. The van der Waals surface area contributed by atoms with Crippen molar-refractivity contribution < 1.29 is 4.79 Å². The SMILES string of the molecule is CC(C)Sc1ccc(CC(=O)N(Cc2ccsc2)C2CC2)cc1. The standard InChI is InChI=1S/C19H23NOS2/c1-14(2)23-18-7-3-15(4-8-18)11-19(21)20(17-5-6-17)12-16-9-10-22-13-16/h3-4,7-10,13-14,17H,5-6,11-12H2,1-2H3. The Morgan fingerprint density at radius 3 is 2.52 bits per heavy atom. The lowest BCUT2D eigenvalue weighted by Gasteiger charge is -2.22. The molecule has 122 valence electrons. The van der Waals surface area contributed by atoms with Crippen LogP contribution in [0.5, 0.6) is 0 Å². The third-order valence-electron chi connectivity index (χ3n) is 3.89. The average Bonchev–Trinajstić information content (AvgIpc) is 3.22. The number of carbonyl (C=O) groups is 1. The average molecular weight is 346 g/mol. The van der Waals surface area contributed by atoms with E-state index < -0.39 is 0 Å². The minimum absolute atomic E-state index is 0.253. The van der Waals surface area contributed by atoms with E-state index in [1.54, 1.807) is 11.3 Å². The van der Waals surface area contributed by atoms with Crippen molar-refractivity contribution >= 4 is 29.0 Å². The number of thioether (sulfide) groups is 1. The summed E-state index contributed by atoms with van der Waals surface area (Å²) in [7, 11) is 0. The summed E-state index contributed by atoms with van der Waals surface area (Å²) in [5, 5.41) is 4.80. The molecule has 1 saturated carbocycles. The molecule has 0 bridgehead atoms. The van der Waals surface area contributed by atoms with E-state index in [2.05, 4.69) is 59.8 Å². The lowest BCUT2D eigenvalue weighted by Crippen LogP contribution is -2.33. The molecule has 0 atom stereocenters. The fourth-order valence-electron chi connectivity index (χ4n) is 2.62. The molecule has 1 aromatic carbocycles. The van der Waals surface area contributed by atoms with Gasteiger partial charge < -0.3 is 4.90 Å². The first kappa shape index (κ1) is 16.6. The monoisotopic (exact) mass is 345 g/mol. The molecule has 2 aromatic rings. The second-order valence-corrected chi connectivity index (χ2v) is 8.80. The van der Waals surface area contributed by atoms with Crippen molar-refractivity contribution in [1.82, 2.24) is 4.90 Å². The summed E-state index contributed by atoms with van der Waals surface area (Å²) in [6, 6.07) is 11.0. The number of thiophene rings is 1. The van der Waals surface area contributed by atoms with E-state index in [1.165, 1.54) is 10.5 Å². The van der Waals surface area contributed by atoms with Crippen molar-refractivity contribution in [3.8, 4) is 0 Å². The summed E-state index contributed by atoms with van der Waals surface area (Å²) < 4.78 is 0. The Morgan fingerprint density at radius 1 is 1.22 bits per heavy atom. The Balaban J connectivity index is 1.62. The molecule has 1 aliphatic carbocycles. The second kappa shape index (κ2) is 7.54. The fourth-order valence-corrected chi connectivity index (χ4v) is 4.12. The predicted molar refractivity (Wildman–Crippen MR) is 99.0 cm³/mol. The molecule has 23 heavy (non-hydrogen) atoms. The van der Waals surface area contributed by atoms with E-state index in [-0.39, 0.29) is 5.91 Å². The van der Waals surface area contributed by atoms with Gasteiger partial charge in [-0.1, -0.05) is 26.0 Å². The van der Waals surface area contributed by atoms with Crippen molar-refractivity contribution in [2.45, 2.75) is 55.8 Å². The molecule has 4 heteroatoms. The van der Waals surface area contributed by atoms with Gasteiger partial charge in [0.05, 0.1) is 6.42 Å². The minimum Gasteiger partial charge on any atom is -0.335 e. The van der Waals surface area contributed by atoms with E-state index in [4.69, 9.17) is 0 Å². The van der Waals surface area contributed by atoms with Gasteiger partial charge in [0.2, 0.25) is 5.91 Å². The molecule has 0 spiro atoms. The van der Waals surface area contributed by atoms with Gasteiger partial charge in [-0.2, -0.15) is 11.3 Å². The van der Waals surface area contributed by atoms with Gasteiger partial charge in [-0.25, -0.2) is 0 Å². The maximum absolute atomic E-state index is 12.7. The minimum atomic E-state index is 0.253. The zero-order valence-corrected chi connectivity index (χ0v) is 15.3. The van der Waals surface area contributed by atoms with Gasteiger partial charge in [0.25, 0.3) is 0 Å². The van der Waals surface area contributed by atoms with Crippen LogP contribution >= 0.6 is 23.1 Å². The zero-order valence-electron chi connectivity index (χ0n) is 13.7. The smallest absolute Gasteiger partial charge is 0.227 e. The molecule has 0 radical (unpaired) electrons. The van der Waals surface area contributed by atoms with Crippen molar-refractivity contribution in [2.24, 2.45) is 0 Å². The Morgan fingerprint density at radius 2 is 1.96 bits per heavy atom. The van der Waals surface area contributed by atoms with Gasteiger partial charge >= 0.3 is 0 Å². The van der Waals surface area contributed by atoms with Crippen LogP contribution in [0.3, 0.4) is 0 Å². The number of benzene rings is 1. The molecular formula is C19H23NOS2. The number of nitrogens with zero attached hydrogens (tertiary/aromatic N) is 1. The molecule has 0 saturated heterocycles. The third kappa shape index (κ3) is 4.85. The van der Waals surface area contributed by atoms with Crippen molar-refractivity contribution in [3.63, 3.8) is 0 Å². The highest BCUT2D eigenvalue weighted by atomic mass is 32.2. The highest BCUT2D eigenvalue weighted by molar-refractivity contribution is 7.99. The van der Waals surface area contributed by atoms with Crippen molar-refractivity contribution in [3.05, 3.63) is 52.2 Å². The molecule has 0 N–H and O–H groups in total. The number of hydrogen-bond acceptors (Lipinski definition) is 3. The first-order valence-corrected chi connectivity index (χ1v) is 10.00. The predicted octanol–water partition coefficient (Wildman–Crippen LogP) is 4.98. The van der Waals surface area contributed by atoms with Crippen LogP contribution in [0, 0.1) is 0 Å². The molecule has 1 aliphatic rings. The number of rotatable bonds is 7. The van der Waals surface area contributed by atoms with Crippen molar-refractivity contribution in [1.29, 1.82) is 0 Å². The van der Waals surface area contributed by atoms with E-state index in [0.717, 1.165) is 24.9 Å². The van der Waals surface area contributed by atoms with Gasteiger partial charge in [0, 0.05) is 22.7 Å². The first-order valence-electron chi connectivity index (χ1n) is 8.18. The molecule has 2 nitrogen and oxygen atoms in total. The van der Waals surface area contributed by atoms with Crippen LogP contribution < -0.4 is 0 Å². The quantitative estimate of drug-likeness (QED) is 0.660. The van der Waals surface area contributed by atoms with Gasteiger partial charge in [0.1, 0.15) is 0 Å². The van der Waals surface area contributed by atoms with Crippen LogP contribution in [0.4, 0.5) is 0 Å². The van der Waals surface area contributed by atoms with Gasteiger partial charge in [0.15, 0.2) is 0 Å². The highest BCUT2D eigenvalue weighted by Gasteiger charge is 2.32. The Labute approximate surface area is 146 Å². The zero-order chi connectivity index (χ0) is 16.2. The van der Waals surface area contributed by atoms with Crippen LogP contribution in [0.2, 0.25) is 0 Å². The van der Waals surface area contributed by atoms with Crippen molar-refractivity contribution in [2.75, 3.05) is 0 Å². The molecule has 0 aliphatic heterocycles. The van der Waals surface area contributed by atoms with E-state index in [1.807, 2.05) is 11.8 Å². The topological polar surface area (TPSA) is 20.3 Å².